The molecule has 2 amide bonds. The minimum atomic E-state index is -0.699. The van der Waals surface area contributed by atoms with Gasteiger partial charge in [-0.25, -0.2) is 4.79 Å². The van der Waals surface area contributed by atoms with Crippen LogP contribution < -0.4 is 15.4 Å². The number of methoxy groups -OCH3 is 1. The second kappa shape index (κ2) is 9.50. The molecule has 0 saturated heterocycles. The van der Waals surface area contributed by atoms with Gasteiger partial charge < -0.3 is 20.1 Å². The molecule has 0 heterocycles. The molecule has 0 spiro atoms. The van der Waals surface area contributed by atoms with Crippen molar-refractivity contribution in [3.63, 3.8) is 0 Å². The molecule has 2 aromatic carbocycles. The molecule has 2 N–H and O–H groups in total. The smallest absolute Gasteiger partial charge is 0.342 e. The highest BCUT2D eigenvalue weighted by Crippen LogP contribution is 2.23. The first kappa shape index (κ1) is 21.6. The number of rotatable bonds is 7. The van der Waals surface area contributed by atoms with Crippen LogP contribution >= 0.6 is 0 Å². The van der Waals surface area contributed by atoms with Crippen LogP contribution in [0.25, 0.3) is 0 Å². The quantitative estimate of drug-likeness (QED) is 0.548. The third-order valence-electron chi connectivity index (χ3n) is 3.86. The first-order valence-corrected chi connectivity index (χ1v) is 8.75. The van der Waals surface area contributed by atoms with Crippen molar-refractivity contribution in [1.82, 2.24) is 0 Å². The van der Waals surface area contributed by atoms with E-state index in [0.29, 0.717) is 11.4 Å². The van der Waals surface area contributed by atoms with Crippen molar-refractivity contribution in [2.24, 2.45) is 0 Å². The number of carbonyl (C=O) groups is 4. The maximum Gasteiger partial charge on any atom is 0.342 e. The van der Waals surface area contributed by atoms with Crippen LogP contribution in [0.15, 0.2) is 36.4 Å². The van der Waals surface area contributed by atoms with Gasteiger partial charge in [0.2, 0.25) is 17.6 Å². The topological polar surface area (TPSA) is 111 Å². The van der Waals surface area contributed by atoms with Crippen LogP contribution in [0.3, 0.4) is 0 Å². The maximum atomic E-state index is 12.6. The van der Waals surface area contributed by atoms with Crippen molar-refractivity contribution in [1.29, 1.82) is 0 Å². The Hall–Kier alpha value is -3.68. The standard InChI is InChI=1S/C21H22N2O6/c1-12-5-8-20(28-4)17(9-12)21(27)29-11-19(26)16-7-6-15(22-13(2)24)10-18(16)23-14(3)25/h5-10H,11H2,1-4H3,(H,22,24)(H,23,25). The Morgan fingerprint density at radius 1 is 0.897 bits per heavy atom. The third kappa shape index (κ3) is 5.90. The molecule has 0 fully saturated rings. The highest BCUT2D eigenvalue weighted by molar-refractivity contribution is 6.07. The largest absolute Gasteiger partial charge is 0.496 e. The zero-order valence-electron chi connectivity index (χ0n) is 16.6. The summed E-state index contributed by atoms with van der Waals surface area (Å²) in [4.78, 5) is 47.7. The molecule has 0 aliphatic heterocycles. The van der Waals surface area contributed by atoms with E-state index in [4.69, 9.17) is 9.47 Å². The first-order chi connectivity index (χ1) is 13.7. The highest BCUT2D eigenvalue weighted by atomic mass is 16.5. The number of nitrogens with one attached hydrogen (secondary N) is 2. The second-order valence-corrected chi connectivity index (χ2v) is 6.33. The van der Waals surface area contributed by atoms with E-state index < -0.39 is 18.4 Å². The van der Waals surface area contributed by atoms with Crippen molar-refractivity contribution in [3.8, 4) is 5.75 Å². The van der Waals surface area contributed by atoms with Crippen LogP contribution in [0.2, 0.25) is 0 Å². The minimum Gasteiger partial charge on any atom is -0.496 e. The van der Waals surface area contributed by atoms with Crippen molar-refractivity contribution in [2.45, 2.75) is 20.8 Å². The number of amides is 2. The molecule has 0 saturated carbocycles. The van der Waals surface area contributed by atoms with E-state index in [2.05, 4.69) is 10.6 Å². The fourth-order valence-corrected chi connectivity index (χ4v) is 2.63. The molecule has 29 heavy (non-hydrogen) atoms. The lowest BCUT2D eigenvalue weighted by Gasteiger charge is -2.13. The normalized spacial score (nSPS) is 10.1. The number of hydrogen-bond acceptors (Lipinski definition) is 6. The van der Waals surface area contributed by atoms with Gasteiger partial charge >= 0.3 is 5.97 Å². The van der Waals surface area contributed by atoms with Crippen LogP contribution in [-0.2, 0) is 14.3 Å². The van der Waals surface area contributed by atoms with Crippen molar-refractivity contribution in [3.05, 3.63) is 53.1 Å². The van der Waals surface area contributed by atoms with E-state index in [9.17, 15) is 19.2 Å². The van der Waals surface area contributed by atoms with Gasteiger partial charge in [0.05, 0.1) is 12.8 Å². The van der Waals surface area contributed by atoms with Crippen LogP contribution in [0.1, 0.15) is 40.1 Å². The van der Waals surface area contributed by atoms with Gasteiger partial charge in [-0.05, 0) is 37.3 Å². The monoisotopic (exact) mass is 398 g/mol. The summed E-state index contributed by atoms with van der Waals surface area (Å²) < 4.78 is 10.3. The van der Waals surface area contributed by atoms with Gasteiger partial charge in [0.15, 0.2) is 6.61 Å². The summed E-state index contributed by atoms with van der Waals surface area (Å²) >= 11 is 0. The molecule has 0 aliphatic rings. The lowest BCUT2D eigenvalue weighted by Crippen LogP contribution is -2.18. The minimum absolute atomic E-state index is 0.151. The molecule has 2 aromatic rings. The number of ether oxygens (including phenoxy) is 2. The molecule has 0 aromatic heterocycles. The summed E-state index contributed by atoms with van der Waals surface area (Å²) in [5.41, 5.74) is 1.82. The first-order valence-electron chi connectivity index (χ1n) is 8.75. The SMILES string of the molecule is COc1ccc(C)cc1C(=O)OCC(=O)c1ccc(NC(C)=O)cc1NC(C)=O. The van der Waals surface area contributed by atoms with Gasteiger partial charge in [-0.3, -0.25) is 14.4 Å². The van der Waals surface area contributed by atoms with Gasteiger partial charge in [0.25, 0.3) is 0 Å². The van der Waals surface area contributed by atoms with Crippen molar-refractivity contribution < 1.29 is 28.7 Å². The Labute approximate surface area is 168 Å². The van der Waals surface area contributed by atoms with E-state index in [1.54, 1.807) is 18.2 Å². The molecule has 0 aliphatic carbocycles. The number of carbonyl (C=O) groups excluding carboxylic acids is 4. The van der Waals surface area contributed by atoms with E-state index in [1.165, 1.54) is 39.2 Å². The number of aryl methyl sites for hydroxylation is 1. The predicted molar refractivity (Wildman–Crippen MR) is 107 cm³/mol. The number of anilines is 2. The molecule has 0 bridgehead atoms. The average Bonchev–Trinajstić information content (AvgIpc) is 2.65. The third-order valence-corrected chi connectivity index (χ3v) is 3.86. The van der Waals surface area contributed by atoms with Gasteiger partial charge in [-0.15, -0.1) is 0 Å². The summed E-state index contributed by atoms with van der Waals surface area (Å²) in [6.07, 6.45) is 0. The van der Waals surface area contributed by atoms with Gasteiger partial charge in [0.1, 0.15) is 11.3 Å². The second-order valence-electron chi connectivity index (χ2n) is 6.33. The molecule has 8 nitrogen and oxygen atoms in total. The summed E-state index contributed by atoms with van der Waals surface area (Å²) in [5.74, 6) is -1.55. The Balaban J connectivity index is 2.19. The van der Waals surface area contributed by atoms with Crippen LogP contribution in [-0.4, -0.2) is 37.3 Å². The zero-order valence-corrected chi connectivity index (χ0v) is 16.6. The molecule has 152 valence electrons. The number of esters is 1. The highest BCUT2D eigenvalue weighted by Gasteiger charge is 2.19. The summed E-state index contributed by atoms with van der Waals surface area (Å²) in [5, 5.41) is 5.11. The fourth-order valence-electron chi connectivity index (χ4n) is 2.63. The Morgan fingerprint density at radius 2 is 1.59 bits per heavy atom. The molecule has 0 unspecified atom stereocenters. The predicted octanol–water partition coefficient (Wildman–Crippen LogP) is 2.96. The maximum absolute atomic E-state index is 12.6. The van der Waals surface area contributed by atoms with E-state index >= 15 is 0 Å². The van der Waals surface area contributed by atoms with Gasteiger partial charge in [-0.2, -0.15) is 0 Å². The van der Waals surface area contributed by atoms with E-state index in [1.807, 2.05) is 6.92 Å². The van der Waals surface area contributed by atoms with E-state index in [0.717, 1.165) is 5.56 Å². The summed E-state index contributed by atoms with van der Waals surface area (Å²) in [6, 6.07) is 9.46. The number of benzene rings is 2. The van der Waals surface area contributed by atoms with Crippen molar-refractivity contribution >= 4 is 34.9 Å². The number of Topliss-reactive ketones (excluding diaryl/α,β-unsaturated/α-hetero) is 1. The average molecular weight is 398 g/mol. The molecular formula is C21H22N2O6. The molecule has 2 rings (SSSR count). The Kier molecular flexibility index (Phi) is 7.08. The van der Waals surface area contributed by atoms with Crippen molar-refractivity contribution in [2.75, 3.05) is 24.4 Å². The van der Waals surface area contributed by atoms with E-state index in [-0.39, 0.29) is 28.6 Å². The number of hydrogen-bond donors (Lipinski definition) is 2. The lowest BCUT2D eigenvalue weighted by atomic mass is 10.1. The fraction of sp³-hybridized carbons (Fsp3) is 0.238. The van der Waals surface area contributed by atoms with Gasteiger partial charge in [-0.1, -0.05) is 11.6 Å². The Bertz CT molecular complexity index is 968. The van der Waals surface area contributed by atoms with Gasteiger partial charge in [0, 0.05) is 25.1 Å². The van der Waals surface area contributed by atoms with Crippen LogP contribution in [0.5, 0.6) is 5.75 Å². The molecule has 8 heteroatoms. The van der Waals surface area contributed by atoms with Crippen LogP contribution in [0, 0.1) is 6.92 Å². The summed E-state index contributed by atoms with van der Waals surface area (Å²) in [7, 11) is 1.43. The van der Waals surface area contributed by atoms with Crippen LogP contribution in [0.4, 0.5) is 11.4 Å². The summed E-state index contributed by atoms with van der Waals surface area (Å²) in [6.45, 7) is 3.93. The molecule has 0 radical (unpaired) electrons. The molecular weight excluding hydrogens is 376 g/mol. The Morgan fingerprint density at radius 3 is 2.21 bits per heavy atom. The number of ketones is 1. The molecule has 0 atom stereocenters. The lowest BCUT2D eigenvalue weighted by molar-refractivity contribution is -0.115. The zero-order chi connectivity index (χ0) is 21.6.